The minimum Gasteiger partial charge on any atom is -0.383 e. The first-order valence-electron chi connectivity index (χ1n) is 3.84. The van der Waals surface area contributed by atoms with Crippen LogP contribution in [0.1, 0.15) is 11.6 Å². The molecule has 0 bridgehead atoms. The molecule has 1 atom stereocenters. The van der Waals surface area contributed by atoms with Crippen LogP contribution in [0.2, 0.25) is 5.02 Å². The molecule has 13 heavy (non-hydrogen) atoms. The van der Waals surface area contributed by atoms with Crippen LogP contribution < -0.4 is 5.73 Å². The summed E-state index contributed by atoms with van der Waals surface area (Å²) in [7, 11) is 1.63. The molecule has 0 amide bonds. The molecule has 1 aromatic carbocycles. The first-order valence-corrected chi connectivity index (χ1v) is 5.01. The summed E-state index contributed by atoms with van der Waals surface area (Å²) in [6, 6.07) is 5.53. The van der Waals surface area contributed by atoms with Gasteiger partial charge in [-0.2, -0.15) is 0 Å². The van der Waals surface area contributed by atoms with Gasteiger partial charge in [0.1, 0.15) is 0 Å². The molecule has 2 N–H and O–H groups in total. The van der Waals surface area contributed by atoms with Crippen molar-refractivity contribution in [2.45, 2.75) is 6.04 Å². The Bertz CT molecular complexity index is 293. The Morgan fingerprint density at radius 2 is 2.31 bits per heavy atom. The predicted octanol–water partition coefficient (Wildman–Crippen LogP) is 2.75. The standard InChI is InChI=1S/C9H11BrClNO/c1-13-5-9(12)6-2-3-8(11)7(10)4-6/h2-4,9H,5,12H2,1H3/t9-/m0/s1. The van der Waals surface area contributed by atoms with Crippen molar-refractivity contribution in [3.8, 4) is 0 Å². The highest BCUT2D eigenvalue weighted by Crippen LogP contribution is 2.25. The summed E-state index contributed by atoms with van der Waals surface area (Å²) >= 11 is 9.18. The number of rotatable bonds is 3. The van der Waals surface area contributed by atoms with Crippen molar-refractivity contribution in [3.05, 3.63) is 33.3 Å². The van der Waals surface area contributed by atoms with Gasteiger partial charge in [-0.25, -0.2) is 0 Å². The van der Waals surface area contributed by atoms with E-state index in [-0.39, 0.29) is 6.04 Å². The van der Waals surface area contributed by atoms with Crippen LogP contribution in [0.15, 0.2) is 22.7 Å². The van der Waals surface area contributed by atoms with Crippen molar-refractivity contribution in [1.82, 2.24) is 0 Å². The third-order valence-corrected chi connectivity index (χ3v) is 2.93. The zero-order chi connectivity index (χ0) is 9.84. The Hall–Kier alpha value is -0.0900. The Labute approximate surface area is 91.2 Å². The van der Waals surface area contributed by atoms with Crippen molar-refractivity contribution in [2.24, 2.45) is 5.73 Å². The van der Waals surface area contributed by atoms with E-state index in [1.165, 1.54) is 0 Å². The largest absolute Gasteiger partial charge is 0.383 e. The second-order valence-electron chi connectivity index (χ2n) is 2.74. The third-order valence-electron chi connectivity index (χ3n) is 1.72. The van der Waals surface area contributed by atoms with Gasteiger partial charge in [0.25, 0.3) is 0 Å². The maximum absolute atomic E-state index is 5.84. The number of hydrogen-bond acceptors (Lipinski definition) is 2. The minimum absolute atomic E-state index is 0.0985. The van der Waals surface area contributed by atoms with E-state index in [0.717, 1.165) is 10.0 Å². The van der Waals surface area contributed by atoms with Crippen molar-refractivity contribution in [1.29, 1.82) is 0 Å². The summed E-state index contributed by atoms with van der Waals surface area (Å²) < 4.78 is 5.81. The van der Waals surface area contributed by atoms with Gasteiger partial charge in [-0.05, 0) is 33.6 Å². The van der Waals surface area contributed by atoms with Crippen LogP contribution in [0.25, 0.3) is 0 Å². The number of benzene rings is 1. The van der Waals surface area contributed by atoms with Crippen LogP contribution >= 0.6 is 27.5 Å². The van der Waals surface area contributed by atoms with Crippen LogP contribution in [0.3, 0.4) is 0 Å². The van der Waals surface area contributed by atoms with Gasteiger partial charge in [-0.1, -0.05) is 17.7 Å². The third kappa shape index (κ3) is 2.95. The van der Waals surface area contributed by atoms with Crippen molar-refractivity contribution >= 4 is 27.5 Å². The molecular weight excluding hydrogens is 253 g/mol. The number of halogens is 2. The van der Waals surface area contributed by atoms with Crippen molar-refractivity contribution in [3.63, 3.8) is 0 Å². The molecule has 0 fully saturated rings. The van der Waals surface area contributed by atoms with Gasteiger partial charge >= 0.3 is 0 Å². The monoisotopic (exact) mass is 263 g/mol. The molecular formula is C9H11BrClNO. The minimum atomic E-state index is -0.0985. The molecule has 1 aromatic rings. The van der Waals surface area contributed by atoms with E-state index in [4.69, 9.17) is 22.1 Å². The van der Waals surface area contributed by atoms with Gasteiger partial charge in [0.15, 0.2) is 0 Å². The Balaban J connectivity index is 2.84. The molecule has 0 aliphatic heterocycles. The first kappa shape index (κ1) is 11.0. The highest BCUT2D eigenvalue weighted by molar-refractivity contribution is 9.10. The summed E-state index contributed by atoms with van der Waals surface area (Å²) in [5, 5.41) is 0.688. The van der Waals surface area contributed by atoms with E-state index in [9.17, 15) is 0 Å². The van der Waals surface area contributed by atoms with E-state index in [1.54, 1.807) is 7.11 Å². The highest BCUT2D eigenvalue weighted by atomic mass is 79.9. The fourth-order valence-corrected chi connectivity index (χ4v) is 1.53. The van der Waals surface area contributed by atoms with Crippen LogP contribution in [-0.2, 0) is 4.74 Å². The summed E-state index contributed by atoms with van der Waals surface area (Å²) in [6.45, 7) is 0.508. The molecule has 0 spiro atoms. The van der Waals surface area contributed by atoms with E-state index >= 15 is 0 Å². The fourth-order valence-electron chi connectivity index (χ4n) is 1.02. The second-order valence-corrected chi connectivity index (χ2v) is 4.00. The zero-order valence-electron chi connectivity index (χ0n) is 7.26. The van der Waals surface area contributed by atoms with Gasteiger partial charge in [-0.3, -0.25) is 0 Å². The van der Waals surface area contributed by atoms with E-state index in [1.807, 2.05) is 18.2 Å². The van der Waals surface area contributed by atoms with Crippen LogP contribution in [-0.4, -0.2) is 13.7 Å². The average Bonchev–Trinajstić information content (AvgIpc) is 2.10. The molecule has 1 rings (SSSR count). The zero-order valence-corrected chi connectivity index (χ0v) is 9.60. The van der Waals surface area contributed by atoms with Crippen molar-refractivity contribution < 1.29 is 4.74 Å². The molecule has 4 heteroatoms. The highest BCUT2D eigenvalue weighted by Gasteiger charge is 2.06. The SMILES string of the molecule is COC[C@H](N)c1ccc(Cl)c(Br)c1. The number of hydrogen-bond donors (Lipinski definition) is 1. The van der Waals surface area contributed by atoms with E-state index < -0.39 is 0 Å². The second kappa shape index (κ2) is 4.96. The molecule has 2 nitrogen and oxygen atoms in total. The number of ether oxygens (including phenoxy) is 1. The quantitative estimate of drug-likeness (QED) is 0.911. The lowest BCUT2D eigenvalue weighted by molar-refractivity contribution is 0.181. The summed E-state index contributed by atoms with van der Waals surface area (Å²) in [4.78, 5) is 0. The van der Waals surface area contributed by atoms with Gasteiger partial charge in [0.05, 0.1) is 17.7 Å². The Morgan fingerprint density at radius 3 is 2.85 bits per heavy atom. The first-order chi connectivity index (χ1) is 6.15. The Morgan fingerprint density at radius 1 is 1.62 bits per heavy atom. The van der Waals surface area contributed by atoms with Gasteiger partial charge in [0, 0.05) is 11.6 Å². The smallest absolute Gasteiger partial charge is 0.0655 e. The van der Waals surface area contributed by atoms with Gasteiger partial charge in [0.2, 0.25) is 0 Å². The van der Waals surface area contributed by atoms with Crippen LogP contribution in [0, 0.1) is 0 Å². The number of methoxy groups -OCH3 is 1. The van der Waals surface area contributed by atoms with Crippen LogP contribution in [0.5, 0.6) is 0 Å². The fraction of sp³-hybridized carbons (Fsp3) is 0.333. The lowest BCUT2D eigenvalue weighted by atomic mass is 10.1. The molecule has 0 radical (unpaired) electrons. The summed E-state index contributed by atoms with van der Waals surface area (Å²) in [5.41, 5.74) is 6.85. The average molecular weight is 265 g/mol. The Kier molecular flexibility index (Phi) is 4.19. The number of nitrogens with two attached hydrogens (primary N) is 1. The predicted molar refractivity (Wildman–Crippen MR) is 58.0 cm³/mol. The molecule has 0 aromatic heterocycles. The van der Waals surface area contributed by atoms with E-state index in [2.05, 4.69) is 15.9 Å². The van der Waals surface area contributed by atoms with Crippen LogP contribution in [0.4, 0.5) is 0 Å². The molecule has 72 valence electrons. The van der Waals surface area contributed by atoms with E-state index in [0.29, 0.717) is 11.6 Å². The molecule has 0 heterocycles. The lowest BCUT2D eigenvalue weighted by Gasteiger charge is -2.11. The molecule has 0 saturated carbocycles. The van der Waals surface area contributed by atoms with Crippen molar-refractivity contribution in [2.75, 3.05) is 13.7 Å². The molecule has 0 unspecified atom stereocenters. The molecule has 0 saturated heterocycles. The topological polar surface area (TPSA) is 35.2 Å². The normalized spacial score (nSPS) is 12.9. The molecule has 0 aliphatic carbocycles. The summed E-state index contributed by atoms with van der Waals surface area (Å²) in [5.74, 6) is 0. The summed E-state index contributed by atoms with van der Waals surface area (Å²) in [6.07, 6.45) is 0. The lowest BCUT2D eigenvalue weighted by Crippen LogP contribution is -2.15. The maximum atomic E-state index is 5.84. The molecule has 0 aliphatic rings. The maximum Gasteiger partial charge on any atom is 0.0655 e. The van der Waals surface area contributed by atoms with Gasteiger partial charge < -0.3 is 10.5 Å². The van der Waals surface area contributed by atoms with Gasteiger partial charge in [-0.15, -0.1) is 0 Å².